The maximum Gasteiger partial charge on any atom is 0.222 e. The standard InChI is InChI=1S/C14H11ClN4O/c1-8(20)17-14-6-9(4-5-16-14)11-7-12-10(18-11)2-3-13(15)19-12/h2-7,18H,1H3,(H,16,17,20). The lowest BCUT2D eigenvalue weighted by molar-refractivity contribution is -0.114. The van der Waals surface area contributed by atoms with Crippen molar-refractivity contribution in [2.24, 2.45) is 0 Å². The van der Waals surface area contributed by atoms with Crippen molar-refractivity contribution in [2.45, 2.75) is 6.92 Å². The molecule has 0 unspecified atom stereocenters. The number of amides is 1. The molecule has 3 aromatic rings. The number of carbonyl (C=O) groups is 1. The predicted octanol–water partition coefficient (Wildman–Crippen LogP) is 3.24. The van der Waals surface area contributed by atoms with Gasteiger partial charge in [0.15, 0.2) is 0 Å². The van der Waals surface area contributed by atoms with Gasteiger partial charge in [-0.25, -0.2) is 9.97 Å². The van der Waals surface area contributed by atoms with Crippen molar-refractivity contribution in [1.82, 2.24) is 15.0 Å². The van der Waals surface area contributed by atoms with Crippen LogP contribution in [-0.2, 0) is 4.79 Å². The summed E-state index contributed by atoms with van der Waals surface area (Å²) in [6.45, 7) is 1.45. The van der Waals surface area contributed by atoms with Gasteiger partial charge in [-0.1, -0.05) is 11.6 Å². The van der Waals surface area contributed by atoms with E-state index in [1.54, 1.807) is 18.3 Å². The zero-order chi connectivity index (χ0) is 14.1. The molecule has 0 aliphatic heterocycles. The molecule has 0 aromatic carbocycles. The highest BCUT2D eigenvalue weighted by atomic mass is 35.5. The van der Waals surface area contributed by atoms with Gasteiger partial charge < -0.3 is 10.3 Å². The minimum absolute atomic E-state index is 0.153. The number of nitrogens with one attached hydrogen (secondary N) is 2. The molecule has 6 heteroatoms. The average Bonchev–Trinajstić information content (AvgIpc) is 2.81. The van der Waals surface area contributed by atoms with Gasteiger partial charge in [-0.15, -0.1) is 0 Å². The average molecular weight is 287 g/mol. The van der Waals surface area contributed by atoms with E-state index < -0.39 is 0 Å². The molecular weight excluding hydrogens is 276 g/mol. The van der Waals surface area contributed by atoms with Crippen molar-refractivity contribution >= 4 is 34.4 Å². The zero-order valence-corrected chi connectivity index (χ0v) is 11.4. The van der Waals surface area contributed by atoms with Gasteiger partial charge >= 0.3 is 0 Å². The van der Waals surface area contributed by atoms with E-state index in [9.17, 15) is 4.79 Å². The molecule has 0 saturated heterocycles. The van der Waals surface area contributed by atoms with E-state index in [1.165, 1.54) is 6.92 Å². The van der Waals surface area contributed by atoms with Crippen LogP contribution < -0.4 is 5.32 Å². The van der Waals surface area contributed by atoms with Crippen molar-refractivity contribution in [3.05, 3.63) is 41.7 Å². The summed E-state index contributed by atoms with van der Waals surface area (Å²) in [5.74, 6) is 0.361. The lowest BCUT2D eigenvalue weighted by Gasteiger charge is -2.03. The molecule has 0 aliphatic rings. The molecular formula is C14H11ClN4O. The summed E-state index contributed by atoms with van der Waals surface area (Å²) in [6, 6.07) is 9.18. The lowest BCUT2D eigenvalue weighted by atomic mass is 10.2. The fraction of sp³-hybridized carbons (Fsp3) is 0.0714. The summed E-state index contributed by atoms with van der Waals surface area (Å²) in [5.41, 5.74) is 3.51. The number of aromatic nitrogens is 3. The molecule has 3 rings (SSSR count). The summed E-state index contributed by atoms with van der Waals surface area (Å²) < 4.78 is 0. The maximum absolute atomic E-state index is 11.1. The Morgan fingerprint density at radius 1 is 1.30 bits per heavy atom. The predicted molar refractivity (Wildman–Crippen MR) is 78.6 cm³/mol. The molecule has 1 amide bonds. The lowest BCUT2D eigenvalue weighted by Crippen LogP contribution is -2.07. The number of carbonyl (C=O) groups excluding carboxylic acids is 1. The third-order valence-electron chi connectivity index (χ3n) is 2.82. The number of anilines is 1. The number of nitrogens with zero attached hydrogens (tertiary/aromatic N) is 2. The Bertz CT molecular complexity index is 797. The first-order valence-electron chi connectivity index (χ1n) is 6.01. The maximum atomic E-state index is 11.1. The van der Waals surface area contributed by atoms with Crippen molar-refractivity contribution in [1.29, 1.82) is 0 Å². The summed E-state index contributed by atoms with van der Waals surface area (Å²) in [5, 5.41) is 3.11. The molecule has 0 fully saturated rings. The van der Waals surface area contributed by atoms with Crippen LogP contribution in [0.1, 0.15) is 6.92 Å². The van der Waals surface area contributed by atoms with E-state index in [0.717, 1.165) is 22.3 Å². The molecule has 3 aromatic heterocycles. The van der Waals surface area contributed by atoms with Crippen LogP contribution in [0.25, 0.3) is 22.3 Å². The van der Waals surface area contributed by atoms with Gasteiger partial charge in [-0.2, -0.15) is 0 Å². The van der Waals surface area contributed by atoms with Crippen LogP contribution >= 0.6 is 11.6 Å². The van der Waals surface area contributed by atoms with E-state index in [1.807, 2.05) is 18.2 Å². The van der Waals surface area contributed by atoms with Crippen LogP contribution in [0, 0.1) is 0 Å². The SMILES string of the molecule is CC(=O)Nc1cc(-c2cc3nc(Cl)ccc3[nH]2)ccn1. The highest BCUT2D eigenvalue weighted by molar-refractivity contribution is 6.29. The Morgan fingerprint density at radius 3 is 2.95 bits per heavy atom. The molecule has 2 N–H and O–H groups in total. The van der Waals surface area contributed by atoms with Crippen molar-refractivity contribution < 1.29 is 4.79 Å². The van der Waals surface area contributed by atoms with Crippen LogP contribution in [0.5, 0.6) is 0 Å². The molecule has 0 aliphatic carbocycles. The first kappa shape index (κ1) is 12.6. The molecule has 0 spiro atoms. The normalized spacial score (nSPS) is 10.7. The number of H-pyrrole nitrogens is 1. The van der Waals surface area contributed by atoms with Crippen LogP contribution in [0.3, 0.4) is 0 Å². The molecule has 100 valence electrons. The number of aromatic amines is 1. The molecule has 20 heavy (non-hydrogen) atoms. The zero-order valence-electron chi connectivity index (χ0n) is 10.6. The second-order valence-electron chi connectivity index (χ2n) is 4.36. The first-order chi connectivity index (χ1) is 9.61. The van der Waals surface area contributed by atoms with Crippen molar-refractivity contribution in [2.75, 3.05) is 5.32 Å². The largest absolute Gasteiger partial charge is 0.353 e. The van der Waals surface area contributed by atoms with Crippen LogP contribution in [0.4, 0.5) is 5.82 Å². The van der Waals surface area contributed by atoms with Crippen LogP contribution in [0.15, 0.2) is 36.5 Å². The molecule has 0 saturated carbocycles. The number of hydrogen-bond acceptors (Lipinski definition) is 3. The Labute approximate surface area is 120 Å². The highest BCUT2D eigenvalue weighted by Gasteiger charge is 2.06. The summed E-state index contributed by atoms with van der Waals surface area (Å²) in [4.78, 5) is 22.6. The van der Waals surface area contributed by atoms with Gasteiger partial charge in [-0.05, 0) is 30.3 Å². The molecule has 0 bridgehead atoms. The number of rotatable bonds is 2. The first-order valence-corrected chi connectivity index (χ1v) is 6.39. The van der Waals surface area contributed by atoms with E-state index in [-0.39, 0.29) is 5.91 Å². The van der Waals surface area contributed by atoms with Crippen LogP contribution in [0.2, 0.25) is 5.15 Å². The highest BCUT2D eigenvalue weighted by Crippen LogP contribution is 2.25. The number of pyridine rings is 2. The number of fused-ring (bicyclic) bond motifs is 1. The third-order valence-corrected chi connectivity index (χ3v) is 3.03. The van der Waals surface area contributed by atoms with Gasteiger partial charge in [0.1, 0.15) is 11.0 Å². The number of halogens is 1. The topological polar surface area (TPSA) is 70.7 Å². The molecule has 0 atom stereocenters. The van der Waals surface area contributed by atoms with Gasteiger partial charge in [0.25, 0.3) is 0 Å². The van der Waals surface area contributed by atoms with E-state index in [4.69, 9.17) is 11.6 Å². The Morgan fingerprint density at radius 2 is 2.15 bits per heavy atom. The van der Waals surface area contributed by atoms with Crippen molar-refractivity contribution in [3.63, 3.8) is 0 Å². The fourth-order valence-corrected chi connectivity index (χ4v) is 2.14. The van der Waals surface area contributed by atoms with Gasteiger partial charge in [0, 0.05) is 24.4 Å². The summed E-state index contributed by atoms with van der Waals surface area (Å²) in [7, 11) is 0. The monoisotopic (exact) mass is 286 g/mol. The summed E-state index contributed by atoms with van der Waals surface area (Å²) in [6.07, 6.45) is 1.65. The second kappa shape index (κ2) is 4.94. The quantitative estimate of drug-likeness (QED) is 0.711. The number of hydrogen-bond donors (Lipinski definition) is 2. The second-order valence-corrected chi connectivity index (χ2v) is 4.75. The molecule has 0 radical (unpaired) electrons. The molecule has 5 nitrogen and oxygen atoms in total. The minimum atomic E-state index is -0.153. The van der Waals surface area contributed by atoms with Gasteiger partial charge in [0.2, 0.25) is 5.91 Å². The Balaban J connectivity index is 2.03. The van der Waals surface area contributed by atoms with E-state index in [2.05, 4.69) is 20.3 Å². The molecule has 3 heterocycles. The smallest absolute Gasteiger partial charge is 0.222 e. The van der Waals surface area contributed by atoms with E-state index >= 15 is 0 Å². The summed E-state index contributed by atoms with van der Waals surface area (Å²) >= 11 is 5.87. The van der Waals surface area contributed by atoms with Crippen LogP contribution in [-0.4, -0.2) is 20.9 Å². The van der Waals surface area contributed by atoms with E-state index in [0.29, 0.717) is 11.0 Å². The third kappa shape index (κ3) is 2.48. The fourth-order valence-electron chi connectivity index (χ4n) is 1.99. The van der Waals surface area contributed by atoms with Gasteiger partial charge in [0.05, 0.1) is 11.0 Å². The minimum Gasteiger partial charge on any atom is -0.353 e. The Hall–Kier alpha value is -2.40. The van der Waals surface area contributed by atoms with Gasteiger partial charge in [-0.3, -0.25) is 4.79 Å². The Kier molecular flexibility index (Phi) is 3.12. The van der Waals surface area contributed by atoms with Crippen molar-refractivity contribution in [3.8, 4) is 11.3 Å².